The summed E-state index contributed by atoms with van der Waals surface area (Å²) in [4.78, 5) is 19.6. The molecule has 5 nitrogen and oxygen atoms in total. The number of halogens is 3. The first-order chi connectivity index (χ1) is 4.63. The Hall–Kier alpha value is 0.940. The summed E-state index contributed by atoms with van der Waals surface area (Å²) in [5.41, 5.74) is 0. The zero-order valence-corrected chi connectivity index (χ0v) is 7.90. The van der Waals surface area contributed by atoms with Gasteiger partial charge in [0.25, 0.3) is 0 Å². The van der Waals surface area contributed by atoms with E-state index in [1.54, 1.807) is 0 Å². The lowest BCUT2D eigenvalue weighted by Gasteiger charge is -2.33. The van der Waals surface area contributed by atoms with E-state index in [4.69, 9.17) is 39.9 Å². The fraction of sp³-hybridized carbons (Fsp3) is 1.00. The summed E-state index contributed by atoms with van der Waals surface area (Å²) in [5.74, 6) is 0. The number of hydrogen-bond acceptors (Lipinski definition) is 5. The highest BCUT2D eigenvalue weighted by atomic mass is 35.6. The lowest BCUT2D eigenvalue weighted by molar-refractivity contribution is -0.350. The molecule has 11 heavy (non-hydrogen) atoms. The molecule has 0 amide bonds. The van der Waals surface area contributed by atoms with Gasteiger partial charge in [-0.15, -0.1) is 0 Å². The van der Waals surface area contributed by atoms with E-state index >= 15 is 0 Å². The van der Waals surface area contributed by atoms with Gasteiger partial charge in [-0.3, -0.25) is 0 Å². The van der Waals surface area contributed by atoms with Crippen LogP contribution in [-0.2, 0) is 9.09 Å². The monoisotopic (exact) mass is 242 g/mol. The van der Waals surface area contributed by atoms with Crippen molar-refractivity contribution in [1.82, 2.24) is 0 Å². The quantitative estimate of drug-likeness (QED) is 0.402. The number of phosphoric ester groups is 1. The second kappa shape index (κ2) is 3.77. The Morgan fingerprint density at radius 1 is 1.45 bits per heavy atom. The molecule has 0 aromatic carbocycles. The Morgan fingerprint density at radius 2 is 1.82 bits per heavy atom. The van der Waals surface area contributed by atoms with Crippen molar-refractivity contribution in [3.8, 4) is 0 Å². The van der Waals surface area contributed by atoms with Crippen LogP contribution in [0.15, 0.2) is 0 Å². The lowest BCUT2D eigenvalue weighted by atomic mass is 10.8. The lowest BCUT2D eigenvalue weighted by Crippen LogP contribution is -2.31. The van der Waals surface area contributed by atoms with Crippen molar-refractivity contribution in [2.75, 3.05) is 0 Å². The molecule has 0 aliphatic rings. The third-order valence-electron chi connectivity index (χ3n) is 0.509. The standard InChI is InChI=1S/C2H4Cl3O5P/c3-2(4,5)1(6)10-11(7,8)9/h1,6H,(H2,7,8,9)/p-2. The second-order valence-electron chi connectivity index (χ2n) is 1.45. The van der Waals surface area contributed by atoms with E-state index in [2.05, 4.69) is 4.52 Å². The van der Waals surface area contributed by atoms with E-state index in [0.29, 0.717) is 0 Å². The second-order valence-corrected chi connectivity index (χ2v) is 4.92. The normalized spacial score (nSPS) is 16.5. The molecule has 0 aromatic rings. The van der Waals surface area contributed by atoms with Crippen LogP contribution in [0.25, 0.3) is 0 Å². The SMILES string of the molecule is O=P([O-])([O-])OC(O)C(Cl)(Cl)Cl. The minimum absolute atomic E-state index is 2.28. The summed E-state index contributed by atoms with van der Waals surface area (Å²) in [6.07, 6.45) is -2.28. The van der Waals surface area contributed by atoms with Crippen LogP contribution in [-0.4, -0.2) is 15.2 Å². The van der Waals surface area contributed by atoms with Crippen LogP contribution in [0.3, 0.4) is 0 Å². The van der Waals surface area contributed by atoms with Crippen LogP contribution in [0.2, 0.25) is 0 Å². The van der Waals surface area contributed by atoms with Gasteiger partial charge < -0.3 is 24.0 Å². The predicted octanol–water partition coefficient (Wildman–Crippen LogP) is -0.480. The maximum absolute atomic E-state index is 9.80. The molecule has 0 radical (unpaired) electrons. The number of phosphoric acid groups is 1. The van der Waals surface area contributed by atoms with Gasteiger partial charge in [0.1, 0.15) is 0 Å². The van der Waals surface area contributed by atoms with Crippen LogP contribution >= 0.6 is 42.6 Å². The van der Waals surface area contributed by atoms with E-state index in [9.17, 15) is 14.4 Å². The van der Waals surface area contributed by atoms with Crippen LogP contribution in [0.1, 0.15) is 0 Å². The van der Waals surface area contributed by atoms with E-state index in [0.717, 1.165) is 0 Å². The predicted molar refractivity (Wildman–Crippen MR) is 35.0 cm³/mol. The molecule has 1 unspecified atom stereocenters. The molecule has 0 rings (SSSR count). The van der Waals surface area contributed by atoms with Crippen molar-refractivity contribution in [1.29, 1.82) is 0 Å². The van der Waals surface area contributed by atoms with Gasteiger partial charge in [-0.1, -0.05) is 34.8 Å². The molecule has 0 aliphatic carbocycles. The van der Waals surface area contributed by atoms with Crippen molar-refractivity contribution in [2.45, 2.75) is 10.1 Å². The third-order valence-corrected chi connectivity index (χ3v) is 1.53. The molecular formula is C2H2Cl3O5P-2. The van der Waals surface area contributed by atoms with Gasteiger partial charge in [0.05, 0.1) is 7.82 Å². The highest BCUT2D eigenvalue weighted by Crippen LogP contribution is 2.37. The molecule has 0 aromatic heterocycles. The zero-order valence-electron chi connectivity index (χ0n) is 4.74. The fourth-order valence-electron chi connectivity index (χ4n) is 0.182. The fourth-order valence-corrected chi connectivity index (χ4v) is 0.905. The topological polar surface area (TPSA) is 92.7 Å². The minimum atomic E-state index is -5.32. The van der Waals surface area contributed by atoms with Crippen LogP contribution in [0, 0.1) is 0 Å². The summed E-state index contributed by atoms with van der Waals surface area (Å²) in [5, 5.41) is 8.53. The van der Waals surface area contributed by atoms with Crippen LogP contribution < -0.4 is 9.79 Å². The number of rotatable bonds is 2. The summed E-state index contributed by atoms with van der Waals surface area (Å²) in [6.45, 7) is 0. The minimum Gasteiger partial charge on any atom is -0.790 e. The van der Waals surface area contributed by atoms with Crippen molar-refractivity contribution in [3.05, 3.63) is 0 Å². The van der Waals surface area contributed by atoms with Crippen molar-refractivity contribution < 1.29 is 24.0 Å². The Kier molecular flexibility index (Phi) is 4.09. The average molecular weight is 243 g/mol. The molecular weight excluding hydrogens is 241 g/mol. The van der Waals surface area contributed by atoms with E-state index in [-0.39, 0.29) is 0 Å². The molecule has 0 aliphatic heterocycles. The molecule has 0 spiro atoms. The van der Waals surface area contributed by atoms with Gasteiger partial charge >= 0.3 is 0 Å². The van der Waals surface area contributed by atoms with Gasteiger partial charge in [0.2, 0.25) is 10.1 Å². The Balaban J connectivity index is 4.10. The summed E-state index contributed by atoms with van der Waals surface area (Å²) < 4.78 is 10.9. The summed E-state index contributed by atoms with van der Waals surface area (Å²) in [6, 6.07) is 0. The van der Waals surface area contributed by atoms with E-state index in [1.165, 1.54) is 0 Å². The maximum atomic E-state index is 9.80. The highest BCUT2D eigenvalue weighted by molar-refractivity contribution is 7.43. The number of alkyl halides is 3. The number of hydrogen-bond donors (Lipinski definition) is 1. The molecule has 0 saturated heterocycles. The first-order valence-electron chi connectivity index (χ1n) is 2.08. The summed E-state index contributed by atoms with van der Waals surface area (Å²) >= 11 is 14.8. The zero-order chi connectivity index (χ0) is 9.28. The Bertz CT molecular complexity index is 171. The molecule has 9 heteroatoms. The largest absolute Gasteiger partial charge is 0.790 e. The van der Waals surface area contributed by atoms with Gasteiger partial charge in [-0.2, -0.15) is 0 Å². The average Bonchev–Trinajstić information content (AvgIpc) is 1.56. The number of aliphatic hydroxyl groups excluding tert-OH is 1. The van der Waals surface area contributed by atoms with E-state index in [1.807, 2.05) is 0 Å². The van der Waals surface area contributed by atoms with Gasteiger partial charge in [-0.05, 0) is 0 Å². The van der Waals surface area contributed by atoms with Crippen molar-refractivity contribution in [3.63, 3.8) is 0 Å². The van der Waals surface area contributed by atoms with Gasteiger partial charge in [0.15, 0.2) is 0 Å². The van der Waals surface area contributed by atoms with Gasteiger partial charge in [-0.25, -0.2) is 0 Å². The maximum Gasteiger partial charge on any atom is 0.241 e. The Morgan fingerprint density at radius 3 is 1.91 bits per heavy atom. The van der Waals surface area contributed by atoms with Crippen LogP contribution in [0.5, 0.6) is 0 Å². The molecule has 1 N–H and O–H groups in total. The van der Waals surface area contributed by atoms with Crippen LogP contribution in [0.4, 0.5) is 0 Å². The Labute approximate surface area is 77.1 Å². The molecule has 0 saturated carbocycles. The molecule has 68 valence electrons. The first kappa shape index (κ1) is 11.9. The molecule has 0 heterocycles. The highest BCUT2D eigenvalue weighted by Gasteiger charge is 2.32. The van der Waals surface area contributed by atoms with Gasteiger partial charge in [0, 0.05) is 0 Å². The molecule has 0 fully saturated rings. The summed E-state index contributed by atoms with van der Waals surface area (Å²) in [7, 11) is -5.32. The smallest absolute Gasteiger partial charge is 0.241 e. The van der Waals surface area contributed by atoms with E-state index < -0.39 is 17.9 Å². The van der Waals surface area contributed by atoms with Crippen molar-refractivity contribution in [2.24, 2.45) is 0 Å². The first-order valence-corrected chi connectivity index (χ1v) is 4.67. The van der Waals surface area contributed by atoms with Crippen molar-refractivity contribution >= 4 is 42.6 Å². The third kappa shape index (κ3) is 6.13. The molecule has 0 bridgehead atoms. The number of aliphatic hydroxyl groups is 1. The molecule has 1 atom stereocenters.